The van der Waals surface area contributed by atoms with Gasteiger partial charge in [0.25, 0.3) is 0 Å². The first kappa shape index (κ1) is 15.1. The molecule has 0 radical (unpaired) electrons. The molecule has 0 spiro atoms. The van der Waals surface area contributed by atoms with E-state index < -0.39 is 0 Å². The van der Waals surface area contributed by atoms with Gasteiger partial charge in [0.2, 0.25) is 0 Å². The van der Waals surface area contributed by atoms with Crippen molar-refractivity contribution in [2.45, 2.75) is 44.4 Å². The maximum Gasteiger partial charge on any atom is 0.0361 e. The fourth-order valence-corrected chi connectivity index (χ4v) is 3.18. The summed E-state index contributed by atoms with van der Waals surface area (Å²) in [5.41, 5.74) is 5.91. The van der Waals surface area contributed by atoms with Crippen LogP contribution in [0.25, 0.3) is 0 Å². The topological polar surface area (TPSA) is 3.24 Å². The van der Waals surface area contributed by atoms with Gasteiger partial charge in [-0.05, 0) is 52.5 Å². The van der Waals surface area contributed by atoms with Crippen molar-refractivity contribution in [1.29, 1.82) is 0 Å². The fraction of sp³-hybridized carbons (Fsp3) is 0.429. The maximum atomic E-state index is 2.33. The molecule has 1 aliphatic rings. The minimum Gasteiger partial charge on any atom is -0.378 e. The standard InChI is InChI=1S/C21H27N/c1-21(2,3)17-10-6-15(7-11-17)19-14-20(19)16-8-12-18(13-9-16)22(4)5/h6-13,19-20H,14H2,1-5H3/t19-,20+/m1/s1. The Morgan fingerprint density at radius 3 is 1.64 bits per heavy atom. The third-order valence-corrected chi connectivity index (χ3v) is 4.83. The number of hydrogen-bond donors (Lipinski definition) is 0. The van der Waals surface area contributed by atoms with E-state index in [0.29, 0.717) is 11.8 Å². The molecule has 22 heavy (non-hydrogen) atoms. The normalized spacial score (nSPS) is 20.8. The van der Waals surface area contributed by atoms with Crippen LogP contribution in [0.15, 0.2) is 48.5 Å². The molecule has 2 aromatic carbocycles. The first-order chi connectivity index (χ1) is 10.4. The predicted octanol–water partition coefficient (Wildman–Crippen LogP) is 5.32. The Labute approximate surface area is 135 Å². The molecule has 0 heterocycles. The van der Waals surface area contributed by atoms with Crippen LogP contribution in [-0.2, 0) is 5.41 Å². The summed E-state index contributed by atoms with van der Waals surface area (Å²) in [7, 11) is 4.18. The van der Waals surface area contributed by atoms with Crippen LogP contribution >= 0.6 is 0 Å². The van der Waals surface area contributed by atoms with Crippen molar-refractivity contribution in [1.82, 2.24) is 0 Å². The van der Waals surface area contributed by atoms with Gasteiger partial charge in [-0.2, -0.15) is 0 Å². The van der Waals surface area contributed by atoms with Gasteiger partial charge in [-0.1, -0.05) is 57.2 Å². The Kier molecular flexibility index (Phi) is 3.76. The molecule has 0 unspecified atom stereocenters. The van der Waals surface area contributed by atoms with Gasteiger partial charge in [-0.3, -0.25) is 0 Å². The van der Waals surface area contributed by atoms with Gasteiger partial charge in [-0.15, -0.1) is 0 Å². The molecule has 0 aliphatic heterocycles. The number of rotatable bonds is 3. The smallest absolute Gasteiger partial charge is 0.0361 e. The van der Waals surface area contributed by atoms with Crippen LogP contribution in [0, 0.1) is 0 Å². The lowest BCUT2D eigenvalue weighted by molar-refractivity contribution is 0.590. The SMILES string of the molecule is CN(C)c1ccc([C@@H]2C[C@@H]2c2ccc(C(C)(C)C)cc2)cc1. The van der Waals surface area contributed by atoms with Crippen LogP contribution in [0.5, 0.6) is 0 Å². The lowest BCUT2D eigenvalue weighted by atomic mass is 9.86. The summed E-state index contributed by atoms with van der Waals surface area (Å²) in [6, 6.07) is 18.3. The number of benzene rings is 2. The molecule has 0 saturated heterocycles. The zero-order chi connectivity index (χ0) is 15.9. The molecule has 1 aliphatic carbocycles. The lowest BCUT2D eigenvalue weighted by Crippen LogP contribution is -2.10. The quantitative estimate of drug-likeness (QED) is 0.740. The van der Waals surface area contributed by atoms with Crippen molar-refractivity contribution >= 4 is 5.69 Å². The van der Waals surface area contributed by atoms with E-state index in [2.05, 4.69) is 88.3 Å². The Balaban J connectivity index is 1.71. The highest BCUT2D eigenvalue weighted by atomic mass is 15.1. The van der Waals surface area contributed by atoms with Gasteiger partial charge in [0.15, 0.2) is 0 Å². The monoisotopic (exact) mass is 293 g/mol. The van der Waals surface area contributed by atoms with Crippen molar-refractivity contribution in [3.05, 3.63) is 65.2 Å². The number of anilines is 1. The maximum absolute atomic E-state index is 2.33. The molecule has 0 aromatic heterocycles. The van der Waals surface area contributed by atoms with Crippen molar-refractivity contribution in [3.63, 3.8) is 0 Å². The van der Waals surface area contributed by atoms with Crippen LogP contribution in [0.1, 0.15) is 55.7 Å². The zero-order valence-electron chi connectivity index (χ0n) is 14.4. The molecule has 0 bridgehead atoms. The molecule has 3 rings (SSSR count). The van der Waals surface area contributed by atoms with Crippen molar-refractivity contribution in [2.75, 3.05) is 19.0 Å². The van der Waals surface area contributed by atoms with Gasteiger partial charge in [0.1, 0.15) is 0 Å². The zero-order valence-corrected chi connectivity index (χ0v) is 14.4. The lowest BCUT2D eigenvalue weighted by Gasteiger charge is -2.19. The Morgan fingerprint density at radius 1 is 0.773 bits per heavy atom. The highest BCUT2D eigenvalue weighted by Crippen LogP contribution is 2.54. The van der Waals surface area contributed by atoms with Crippen LogP contribution < -0.4 is 4.90 Å². The molecule has 1 nitrogen and oxygen atoms in total. The summed E-state index contributed by atoms with van der Waals surface area (Å²) in [6.45, 7) is 6.82. The second-order valence-corrected chi connectivity index (χ2v) is 7.81. The Bertz CT molecular complexity index is 629. The average molecular weight is 293 g/mol. The summed E-state index contributed by atoms with van der Waals surface area (Å²) in [5, 5.41) is 0. The number of nitrogens with zero attached hydrogens (tertiary/aromatic N) is 1. The van der Waals surface area contributed by atoms with Gasteiger partial charge in [0.05, 0.1) is 0 Å². The van der Waals surface area contributed by atoms with Gasteiger partial charge >= 0.3 is 0 Å². The second-order valence-electron chi connectivity index (χ2n) is 7.81. The summed E-state index contributed by atoms with van der Waals surface area (Å²) in [6.07, 6.45) is 1.29. The summed E-state index contributed by atoms with van der Waals surface area (Å²) < 4.78 is 0. The van der Waals surface area contributed by atoms with E-state index in [4.69, 9.17) is 0 Å². The van der Waals surface area contributed by atoms with Crippen LogP contribution in [-0.4, -0.2) is 14.1 Å². The molecule has 1 saturated carbocycles. The fourth-order valence-electron chi connectivity index (χ4n) is 3.18. The van der Waals surface area contributed by atoms with Crippen molar-refractivity contribution in [2.24, 2.45) is 0 Å². The predicted molar refractivity (Wildman–Crippen MR) is 96.0 cm³/mol. The van der Waals surface area contributed by atoms with Crippen LogP contribution in [0.4, 0.5) is 5.69 Å². The van der Waals surface area contributed by atoms with Crippen molar-refractivity contribution < 1.29 is 0 Å². The minimum absolute atomic E-state index is 0.240. The second kappa shape index (κ2) is 5.46. The average Bonchev–Trinajstić information content (AvgIpc) is 3.27. The Morgan fingerprint density at radius 2 is 1.23 bits per heavy atom. The first-order valence-electron chi connectivity index (χ1n) is 8.24. The molecular weight excluding hydrogens is 266 g/mol. The molecule has 2 aromatic rings. The molecule has 1 heteroatoms. The molecule has 0 N–H and O–H groups in total. The van der Waals surface area contributed by atoms with Crippen molar-refractivity contribution in [3.8, 4) is 0 Å². The highest BCUT2D eigenvalue weighted by molar-refractivity contribution is 5.48. The molecule has 2 atom stereocenters. The van der Waals surface area contributed by atoms with Crippen LogP contribution in [0.3, 0.4) is 0 Å². The third kappa shape index (κ3) is 3.04. The van der Waals surface area contributed by atoms with E-state index in [-0.39, 0.29) is 5.41 Å². The van der Waals surface area contributed by atoms with E-state index in [1.807, 2.05) is 0 Å². The Hall–Kier alpha value is -1.76. The van der Waals surface area contributed by atoms with Gasteiger partial charge < -0.3 is 4.90 Å². The molecule has 0 amide bonds. The van der Waals surface area contributed by atoms with Gasteiger partial charge in [-0.25, -0.2) is 0 Å². The minimum atomic E-state index is 0.240. The third-order valence-electron chi connectivity index (χ3n) is 4.83. The first-order valence-corrected chi connectivity index (χ1v) is 8.24. The largest absolute Gasteiger partial charge is 0.378 e. The summed E-state index contributed by atoms with van der Waals surface area (Å²) >= 11 is 0. The van der Waals surface area contributed by atoms with E-state index in [9.17, 15) is 0 Å². The summed E-state index contributed by atoms with van der Waals surface area (Å²) in [4.78, 5) is 2.15. The van der Waals surface area contributed by atoms with E-state index >= 15 is 0 Å². The van der Waals surface area contributed by atoms with E-state index in [0.717, 1.165) is 0 Å². The summed E-state index contributed by atoms with van der Waals surface area (Å²) in [5.74, 6) is 1.41. The molecular formula is C21H27N. The van der Waals surface area contributed by atoms with E-state index in [1.165, 1.54) is 28.8 Å². The molecule has 116 valence electrons. The van der Waals surface area contributed by atoms with Gasteiger partial charge in [0, 0.05) is 19.8 Å². The molecule has 1 fully saturated rings. The number of hydrogen-bond acceptors (Lipinski definition) is 1. The van der Waals surface area contributed by atoms with E-state index in [1.54, 1.807) is 0 Å². The van der Waals surface area contributed by atoms with Crippen LogP contribution in [0.2, 0.25) is 0 Å². The highest BCUT2D eigenvalue weighted by Gasteiger charge is 2.39.